The molecule has 5 heteroatoms. The maximum Gasteiger partial charge on any atom is 0.224 e. The summed E-state index contributed by atoms with van der Waals surface area (Å²) in [6.45, 7) is 6.11. The van der Waals surface area contributed by atoms with Crippen molar-refractivity contribution >= 4 is 5.82 Å². The van der Waals surface area contributed by atoms with Crippen molar-refractivity contribution in [3.8, 4) is 17.7 Å². The predicted molar refractivity (Wildman–Crippen MR) is 81.5 cm³/mol. The summed E-state index contributed by atoms with van der Waals surface area (Å²) >= 11 is 0. The van der Waals surface area contributed by atoms with Gasteiger partial charge in [-0.05, 0) is 12.1 Å². The van der Waals surface area contributed by atoms with E-state index in [0.717, 1.165) is 0 Å². The fourth-order valence-corrected chi connectivity index (χ4v) is 1.70. The third-order valence-corrected chi connectivity index (χ3v) is 2.85. The minimum atomic E-state index is -0.195. The summed E-state index contributed by atoms with van der Waals surface area (Å²) < 4.78 is 5.77. The number of nitriles is 1. The summed E-state index contributed by atoms with van der Waals surface area (Å²) in [7, 11) is 1.79. The van der Waals surface area contributed by atoms with E-state index in [1.54, 1.807) is 31.3 Å². The average molecular weight is 282 g/mol. The number of rotatable bonds is 3. The van der Waals surface area contributed by atoms with Crippen LogP contribution in [0.1, 0.15) is 32.2 Å². The van der Waals surface area contributed by atoms with E-state index in [1.165, 1.54) is 0 Å². The quantitative estimate of drug-likeness (QED) is 0.933. The molecule has 0 spiro atoms. The van der Waals surface area contributed by atoms with E-state index in [0.29, 0.717) is 28.8 Å². The number of hydrogen-bond acceptors (Lipinski definition) is 5. The van der Waals surface area contributed by atoms with Crippen molar-refractivity contribution in [2.45, 2.75) is 26.2 Å². The second-order valence-electron chi connectivity index (χ2n) is 5.63. The molecule has 0 amide bonds. The molecule has 0 aliphatic carbocycles. The molecule has 2 rings (SSSR count). The standard InChI is InChI=1S/C16H18N4O/c1-16(2,3)15-19-13(18-4)9-14(20-15)21-12-8-6-5-7-11(12)10-17/h5-9H,1-4H3,(H,18,19,20). The molecule has 0 fully saturated rings. The Balaban J connectivity index is 2.42. The highest BCUT2D eigenvalue weighted by Gasteiger charge is 2.20. The minimum Gasteiger partial charge on any atom is -0.437 e. The van der Waals surface area contributed by atoms with Gasteiger partial charge in [-0.2, -0.15) is 10.2 Å². The summed E-state index contributed by atoms with van der Waals surface area (Å²) in [6.07, 6.45) is 0. The number of hydrogen-bond donors (Lipinski definition) is 1. The topological polar surface area (TPSA) is 70.8 Å². The van der Waals surface area contributed by atoms with Gasteiger partial charge in [-0.1, -0.05) is 32.9 Å². The molecule has 108 valence electrons. The van der Waals surface area contributed by atoms with Crippen LogP contribution < -0.4 is 10.1 Å². The molecule has 0 aliphatic heterocycles. The Labute approximate surface area is 124 Å². The SMILES string of the molecule is CNc1cc(Oc2ccccc2C#N)nc(C(C)(C)C)n1. The summed E-state index contributed by atoms with van der Waals surface area (Å²) in [5.74, 6) is 2.26. The van der Waals surface area contributed by atoms with Gasteiger partial charge < -0.3 is 10.1 Å². The molecule has 0 aliphatic rings. The average Bonchev–Trinajstić information content (AvgIpc) is 2.46. The highest BCUT2D eigenvalue weighted by atomic mass is 16.5. The van der Waals surface area contributed by atoms with Gasteiger partial charge in [0, 0.05) is 18.5 Å². The fraction of sp³-hybridized carbons (Fsp3) is 0.312. The smallest absolute Gasteiger partial charge is 0.224 e. The Kier molecular flexibility index (Phi) is 4.08. The molecule has 0 unspecified atom stereocenters. The third kappa shape index (κ3) is 3.48. The van der Waals surface area contributed by atoms with E-state index < -0.39 is 0 Å². The van der Waals surface area contributed by atoms with E-state index >= 15 is 0 Å². The highest BCUT2D eigenvalue weighted by molar-refractivity contribution is 5.46. The Morgan fingerprint density at radius 1 is 1.19 bits per heavy atom. The lowest BCUT2D eigenvalue weighted by Gasteiger charge is -2.18. The van der Waals surface area contributed by atoms with Crippen molar-refractivity contribution in [3.63, 3.8) is 0 Å². The van der Waals surface area contributed by atoms with Crippen LogP contribution in [0.2, 0.25) is 0 Å². The van der Waals surface area contributed by atoms with Crippen LogP contribution in [-0.4, -0.2) is 17.0 Å². The Morgan fingerprint density at radius 3 is 2.52 bits per heavy atom. The largest absolute Gasteiger partial charge is 0.437 e. The summed E-state index contributed by atoms with van der Waals surface area (Å²) in [5, 5.41) is 12.1. The number of nitrogens with zero attached hydrogens (tertiary/aromatic N) is 3. The Morgan fingerprint density at radius 2 is 1.90 bits per heavy atom. The lowest BCUT2D eigenvalue weighted by Crippen LogP contribution is -2.17. The number of benzene rings is 1. The van der Waals surface area contributed by atoms with Crippen LogP contribution in [0.15, 0.2) is 30.3 Å². The maximum absolute atomic E-state index is 9.11. The number of anilines is 1. The van der Waals surface area contributed by atoms with Crippen LogP contribution >= 0.6 is 0 Å². The molecule has 2 aromatic rings. The van der Waals surface area contributed by atoms with E-state index in [-0.39, 0.29) is 5.41 Å². The molecule has 0 bridgehead atoms. The normalized spacial score (nSPS) is 10.8. The first-order valence-electron chi connectivity index (χ1n) is 6.68. The summed E-state index contributed by atoms with van der Waals surface area (Å²) in [5.41, 5.74) is 0.277. The van der Waals surface area contributed by atoms with Gasteiger partial charge in [-0.25, -0.2) is 4.98 Å². The minimum absolute atomic E-state index is 0.195. The van der Waals surface area contributed by atoms with E-state index in [9.17, 15) is 0 Å². The highest BCUT2D eigenvalue weighted by Crippen LogP contribution is 2.27. The fourth-order valence-electron chi connectivity index (χ4n) is 1.70. The first kappa shape index (κ1) is 14.8. The van der Waals surface area contributed by atoms with Gasteiger partial charge in [0.25, 0.3) is 0 Å². The number of nitrogens with one attached hydrogen (secondary N) is 1. The van der Waals surface area contributed by atoms with Crippen LogP contribution in [0.4, 0.5) is 5.82 Å². The van der Waals surface area contributed by atoms with Crippen LogP contribution in [-0.2, 0) is 5.41 Å². The van der Waals surface area contributed by atoms with E-state index in [1.807, 2.05) is 26.8 Å². The van der Waals surface area contributed by atoms with Gasteiger partial charge in [-0.3, -0.25) is 0 Å². The molecule has 0 atom stereocenters. The van der Waals surface area contributed by atoms with Crippen molar-refractivity contribution in [1.29, 1.82) is 5.26 Å². The molecule has 0 radical (unpaired) electrons. The van der Waals surface area contributed by atoms with Gasteiger partial charge in [0.2, 0.25) is 5.88 Å². The van der Waals surface area contributed by atoms with Crippen molar-refractivity contribution in [2.24, 2.45) is 0 Å². The van der Waals surface area contributed by atoms with Crippen molar-refractivity contribution in [2.75, 3.05) is 12.4 Å². The molecule has 1 N–H and O–H groups in total. The zero-order chi connectivity index (χ0) is 15.5. The first-order chi connectivity index (χ1) is 9.94. The van der Waals surface area contributed by atoms with Gasteiger partial charge in [-0.15, -0.1) is 0 Å². The third-order valence-electron chi connectivity index (χ3n) is 2.85. The second kappa shape index (κ2) is 5.80. The molecule has 1 aromatic carbocycles. The summed E-state index contributed by atoms with van der Waals surface area (Å²) in [6, 6.07) is 10.9. The van der Waals surface area contributed by atoms with Gasteiger partial charge >= 0.3 is 0 Å². The van der Waals surface area contributed by atoms with Gasteiger partial charge in [0.1, 0.15) is 23.5 Å². The zero-order valence-electron chi connectivity index (χ0n) is 12.6. The summed E-state index contributed by atoms with van der Waals surface area (Å²) in [4.78, 5) is 8.88. The molecule has 21 heavy (non-hydrogen) atoms. The van der Waals surface area contributed by atoms with Crippen LogP contribution in [0.5, 0.6) is 11.6 Å². The van der Waals surface area contributed by atoms with Crippen molar-refractivity contribution in [3.05, 3.63) is 41.7 Å². The van der Waals surface area contributed by atoms with Crippen molar-refractivity contribution in [1.82, 2.24) is 9.97 Å². The molecule has 1 heterocycles. The molecular formula is C16H18N4O. The molecule has 0 saturated heterocycles. The lowest BCUT2D eigenvalue weighted by atomic mass is 9.96. The monoisotopic (exact) mass is 282 g/mol. The van der Waals surface area contributed by atoms with Gasteiger partial charge in [0.15, 0.2) is 0 Å². The number of para-hydroxylation sites is 1. The van der Waals surface area contributed by atoms with E-state index in [4.69, 9.17) is 10.00 Å². The molecular weight excluding hydrogens is 264 g/mol. The Bertz CT molecular complexity index is 683. The maximum atomic E-state index is 9.11. The second-order valence-corrected chi connectivity index (χ2v) is 5.63. The molecule has 1 aromatic heterocycles. The predicted octanol–water partition coefficient (Wildman–Crippen LogP) is 3.48. The zero-order valence-corrected chi connectivity index (χ0v) is 12.6. The number of ether oxygens (including phenoxy) is 1. The first-order valence-corrected chi connectivity index (χ1v) is 6.68. The number of aromatic nitrogens is 2. The molecule has 5 nitrogen and oxygen atoms in total. The van der Waals surface area contributed by atoms with Crippen molar-refractivity contribution < 1.29 is 4.74 Å². The van der Waals surface area contributed by atoms with E-state index in [2.05, 4.69) is 21.4 Å². The lowest BCUT2D eigenvalue weighted by molar-refractivity contribution is 0.445. The Hall–Kier alpha value is -2.61. The molecule has 0 saturated carbocycles. The van der Waals surface area contributed by atoms with Crippen LogP contribution in [0.25, 0.3) is 0 Å². The van der Waals surface area contributed by atoms with Crippen LogP contribution in [0.3, 0.4) is 0 Å². The van der Waals surface area contributed by atoms with Gasteiger partial charge in [0.05, 0.1) is 5.56 Å². The van der Waals surface area contributed by atoms with Crippen LogP contribution in [0, 0.1) is 11.3 Å².